The van der Waals surface area contributed by atoms with Gasteiger partial charge in [-0.05, 0) is 30.0 Å². The number of amides is 2. The lowest BCUT2D eigenvalue weighted by Gasteiger charge is -2.22. The highest BCUT2D eigenvalue weighted by molar-refractivity contribution is 5.98. The Morgan fingerprint density at radius 2 is 1.64 bits per heavy atom. The van der Waals surface area contributed by atoms with Crippen molar-refractivity contribution in [3.8, 4) is 0 Å². The third-order valence-corrected chi connectivity index (χ3v) is 3.88. The van der Waals surface area contributed by atoms with Gasteiger partial charge < -0.3 is 5.32 Å². The summed E-state index contributed by atoms with van der Waals surface area (Å²) in [6.45, 7) is 5.88. The van der Waals surface area contributed by atoms with Crippen LogP contribution in [-0.4, -0.2) is 17.9 Å². The van der Waals surface area contributed by atoms with E-state index in [1.165, 1.54) is 0 Å². The van der Waals surface area contributed by atoms with Gasteiger partial charge in [0.15, 0.2) is 0 Å². The molecule has 1 atom stereocenters. The van der Waals surface area contributed by atoms with Gasteiger partial charge in [-0.2, -0.15) is 0 Å². The summed E-state index contributed by atoms with van der Waals surface area (Å²) in [5.74, 6) is -0.712. The van der Waals surface area contributed by atoms with Crippen molar-refractivity contribution in [2.75, 3.05) is 0 Å². The SMILES string of the molecule is Cc1ccccc1C(=O)N[C@H](C(=O)NOCc1ccccc1)C(C)C. The van der Waals surface area contributed by atoms with E-state index < -0.39 is 6.04 Å². The summed E-state index contributed by atoms with van der Waals surface area (Å²) in [4.78, 5) is 30.1. The van der Waals surface area contributed by atoms with Gasteiger partial charge in [0.25, 0.3) is 11.8 Å². The van der Waals surface area contributed by atoms with Gasteiger partial charge in [-0.15, -0.1) is 0 Å². The summed E-state index contributed by atoms with van der Waals surface area (Å²) in [7, 11) is 0. The molecule has 2 amide bonds. The lowest BCUT2D eigenvalue weighted by atomic mass is 10.0. The van der Waals surface area contributed by atoms with Crippen molar-refractivity contribution < 1.29 is 14.4 Å². The fourth-order valence-corrected chi connectivity index (χ4v) is 2.41. The largest absolute Gasteiger partial charge is 0.340 e. The molecule has 0 spiro atoms. The van der Waals surface area contributed by atoms with Crippen LogP contribution in [0, 0.1) is 12.8 Å². The third kappa shape index (κ3) is 5.43. The molecule has 5 heteroatoms. The van der Waals surface area contributed by atoms with Crippen LogP contribution in [0.1, 0.15) is 35.3 Å². The first-order valence-corrected chi connectivity index (χ1v) is 8.31. The Balaban J connectivity index is 1.94. The fraction of sp³-hybridized carbons (Fsp3) is 0.300. The van der Waals surface area contributed by atoms with E-state index in [4.69, 9.17) is 4.84 Å². The molecule has 0 saturated carbocycles. The molecule has 0 radical (unpaired) electrons. The summed E-state index contributed by atoms with van der Waals surface area (Å²) >= 11 is 0. The van der Waals surface area contributed by atoms with Crippen LogP contribution in [0.4, 0.5) is 0 Å². The van der Waals surface area contributed by atoms with E-state index in [9.17, 15) is 9.59 Å². The molecule has 2 rings (SSSR count). The van der Waals surface area contributed by atoms with Gasteiger partial charge in [0.05, 0.1) is 6.61 Å². The highest BCUT2D eigenvalue weighted by atomic mass is 16.6. The number of aryl methyl sites for hydroxylation is 1. The van der Waals surface area contributed by atoms with Crippen LogP contribution in [-0.2, 0) is 16.2 Å². The Morgan fingerprint density at radius 3 is 2.28 bits per heavy atom. The second-order valence-corrected chi connectivity index (χ2v) is 6.25. The number of hydrogen-bond acceptors (Lipinski definition) is 3. The summed E-state index contributed by atoms with van der Waals surface area (Å²) in [5.41, 5.74) is 4.81. The van der Waals surface area contributed by atoms with Gasteiger partial charge >= 0.3 is 0 Å². The molecule has 2 aromatic carbocycles. The first-order chi connectivity index (χ1) is 12.0. The van der Waals surface area contributed by atoms with E-state index in [0.29, 0.717) is 5.56 Å². The van der Waals surface area contributed by atoms with Gasteiger partial charge in [0.1, 0.15) is 6.04 Å². The van der Waals surface area contributed by atoms with Crippen LogP contribution in [0.15, 0.2) is 54.6 Å². The molecular weight excluding hydrogens is 316 g/mol. The molecule has 0 aliphatic carbocycles. The number of hydroxylamine groups is 1. The Morgan fingerprint density at radius 1 is 1.00 bits per heavy atom. The molecule has 0 heterocycles. The molecule has 0 fully saturated rings. The molecular formula is C20H24N2O3. The predicted octanol–water partition coefficient (Wildman–Crippen LogP) is 3.00. The number of nitrogens with one attached hydrogen (secondary N) is 2. The topological polar surface area (TPSA) is 67.4 Å². The maximum atomic E-state index is 12.4. The Labute approximate surface area is 148 Å². The third-order valence-electron chi connectivity index (χ3n) is 3.88. The van der Waals surface area contributed by atoms with Crippen LogP contribution in [0.2, 0.25) is 0 Å². The first kappa shape index (κ1) is 18.7. The Hall–Kier alpha value is -2.66. The lowest BCUT2D eigenvalue weighted by Crippen LogP contribution is -2.49. The molecule has 0 saturated heterocycles. The molecule has 2 aromatic rings. The van der Waals surface area contributed by atoms with E-state index >= 15 is 0 Å². The predicted molar refractivity (Wildman–Crippen MR) is 96.6 cm³/mol. The van der Waals surface area contributed by atoms with Crippen molar-refractivity contribution in [1.29, 1.82) is 0 Å². The zero-order valence-corrected chi connectivity index (χ0v) is 14.8. The van der Waals surface area contributed by atoms with Gasteiger partial charge in [0.2, 0.25) is 0 Å². The monoisotopic (exact) mass is 340 g/mol. The number of benzene rings is 2. The highest BCUT2D eigenvalue weighted by Crippen LogP contribution is 2.09. The molecule has 25 heavy (non-hydrogen) atoms. The van der Waals surface area contributed by atoms with E-state index in [-0.39, 0.29) is 24.3 Å². The van der Waals surface area contributed by atoms with Crippen molar-refractivity contribution in [2.45, 2.75) is 33.4 Å². The minimum absolute atomic E-state index is 0.0757. The highest BCUT2D eigenvalue weighted by Gasteiger charge is 2.25. The standard InChI is InChI=1S/C20H24N2O3/c1-14(2)18(21-19(23)17-12-8-7-9-15(17)3)20(24)22-25-13-16-10-5-4-6-11-16/h4-12,14,18H,13H2,1-3H3,(H,21,23)(H,22,24)/t18-/m0/s1. The number of carbonyl (C=O) groups excluding carboxylic acids is 2. The molecule has 0 bridgehead atoms. The zero-order chi connectivity index (χ0) is 18.2. The minimum atomic E-state index is -0.678. The maximum Gasteiger partial charge on any atom is 0.266 e. The molecule has 132 valence electrons. The summed E-state index contributed by atoms with van der Waals surface area (Å²) in [6.07, 6.45) is 0. The number of rotatable bonds is 7. The average Bonchev–Trinajstić information content (AvgIpc) is 2.60. The van der Waals surface area contributed by atoms with Crippen LogP contribution >= 0.6 is 0 Å². The second-order valence-electron chi connectivity index (χ2n) is 6.25. The summed E-state index contributed by atoms with van der Waals surface area (Å²) < 4.78 is 0. The van der Waals surface area contributed by atoms with Crippen molar-refractivity contribution in [3.63, 3.8) is 0 Å². The van der Waals surface area contributed by atoms with Gasteiger partial charge in [-0.3, -0.25) is 14.4 Å². The molecule has 2 N–H and O–H groups in total. The van der Waals surface area contributed by atoms with Crippen molar-refractivity contribution in [2.24, 2.45) is 5.92 Å². The van der Waals surface area contributed by atoms with Crippen LogP contribution in [0.5, 0.6) is 0 Å². The van der Waals surface area contributed by atoms with Crippen LogP contribution in [0.3, 0.4) is 0 Å². The number of hydrogen-bond donors (Lipinski definition) is 2. The average molecular weight is 340 g/mol. The lowest BCUT2D eigenvalue weighted by molar-refractivity contribution is -0.137. The van der Waals surface area contributed by atoms with Gasteiger partial charge in [-0.25, -0.2) is 5.48 Å². The first-order valence-electron chi connectivity index (χ1n) is 8.31. The van der Waals surface area contributed by atoms with Crippen molar-refractivity contribution in [1.82, 2.24) is 10.8 Å². The maximum absolute atomic E-state index is 12.4. The Kier molecular flexibility index (Phi) is 6.71. The van der Waals surface area contributed by atoms with Crippen molar-refractivity contribution >= 4 is 11.8 Å². The summed E-state index contributed by atoms with van der Waals surface area (Å²) in [6, 6.07) is 16.1. The van der Waals surface area contributed by atoms with E-state index in [2.05, 4.69) is 10.8 Å². The quantitative estimate of drug-likeness (QED) is 0.762. The molecule has 5 nitrogen and oxygen atoms in total. The van der Waals surface area contributed by atoms with E-state index in [1.54, 1.807) is 12.1 Å². The molecule has 0 aliphatic rings. The van der Waals surface area contributed by atoms with Crippen molar-refractivity contribution in [3.05, 3.63) is 71.3 Å². The summed E-state index contributed by atoms with van der Waals surface area (Å²) in [5, 5.41) is 2.79. The van der Waals surface area contributed by atoms with E-state index in [0.717, 1.165) is 11.1 Å². The minimum Gasteiger partial charge on any atom is -0.340 e. The second kappa shape index (κ2) is 8.99. The molecule has 0 aromatic heterocycles. The van der Waals surface area contributed by atoms with Gasteiger partial charge in [-0.1, -0.05) is 62.4 Å². The zero-order valence-electron chi connectivity index (χ0n) is 14.8. The van der Waals surface area contributed by atoms with Gasteiger partial charge in [0, 0.05) is 5.56 Å². The number of carbonyl (C=O) groups is 2. The normalized spacial score (nSPS) is 11.8. The molecule has 0 unspecified atom stereocenters. The molecule has 0 aliphatic heterocycles. The fourth-order valence-electron chi connectivity index (χ4n) is 2.41. The van der Waals surface area contributed by atoms with Crippen LogP contribution in [0.25, 0.3) is 0 Å². The smallest absolute Gasteiger partial charge is 0.266 e. The van der Waals surface area contributed by atoms with E-state index in [1.807, 2.05) is 63.2 Å². The van der Waals surface area contributed by atoms with Crippen LogP contribution < -0.4 is 10.8 Å². The Bertz CT molecular complexity index is 714.